The molecule has 0 bridgehead atoms. The second kappa shape index (κ2) is 20.0. The van der Waals surface area contributed by atoms with Crippen molar-refractivity contribution in [2.45, 2.75) is 169 Å². The number of ether oxygens (including phenoxy) is 6. The van der Waals surface area contributed by atoms with Crippen molar-refractivity contribution < 1.29 is 28.4 Å². The summed E-state index contributed by atoms with van der Waals surface area (Å²) in [4.78, 5) is 0. The average Bonchev–Trinajstić information content (AvgIpc) is 2.86. The molecule has 200 valence electrons. The Hall–Kier alpha value is -0.240. The molecule has 0 aliphatic rings. The molecule has 0 aliphatic carbocycles. The van der Waals surface area contributed by atoms with Crippen LogP contribution in [0.4, 0.5) is 0 Å². The molecule has 0 N–H and O–H groups in total. The molecule has 0 saturated carbocycles. The summed E-state index contributed by atoms with van der Waals surface area (Å²) < 4.78 is 37.2. The second-order valence-corrected chi connectivity index (χ2v) is 8.65. The van der Waals surface area contributed by atoms with Crippen molar-refractivity contribution in [3.63, 3.8) is 0 Å². The van der Waals surface area contributed by atoms with Gasteiger partial charge in [-0.1, -0.05) is 62.3 Å². The normalized spacial score (nSPS) is 18.6. The standard InChI is InChI=1S/C27H56O6/c1-11-20(12-2)29-26(18-8)31-23(15-5)24(16-6)33-27(19-9)32-22(14-4)21(13-3)30-25(17-7)28-10/h20-27H,11-19H2,1-10H3. The molecule has 7 atom stereocenters. The van der Waals surface area contributed by atoms with Crippen LogP contribution in [0.1, 0.15) is 120 Å². The molecular weight excluding hydrogens is 420 g/mol. The van der Waals surface area contributed by atoms with Gasteiger partial charge in [-0.3, -0.25) is 0 Å². The molecule has 0 fully saturated rings. The van der Waals surface area contributed by atoms with Crippen LogP contribution in [0, 0.1) is 0 Å². The Labute approximate surface area is 205 Å². The fourth-order valence-electron chi connectivity index (χ4n) is 4.03. The summed E-state index contributed by atoms with van der Waals surface area (Å²) in [5.41, 5.74) is 0. The molecule has 0 amide bonds. The summed E-state index contributed by atoms with van der Waals surface area (Å²) in [6.45, 7) is 19.1. The minimum Gasteiger partial charge on any atom is -0.356 e. The smallest absolute Gasteiger partial charge is 0.158 e. The summed E-state index contributed by atoms with van der Waals surface area (Å²) in [6, 6.07) is 0. The second-order valence-electron chi connectivity index (χ2n) is 8.65. The van der Waals surface area contributed by atoms with E-state index in [0.29, 0.717) is 0 Å². The Kier molecular flexibility index (Phi) is 19.9. The lowest BCUT2D eigenvalue weighted by atomic mass is 10.1. The molecule has 0 aromatic rings. The van der Waals surface area contributed by atoms with E-state index in [2.05, 4.69) is 62.3 Å². The predicted molar refractivity (Wildman–Crippen MR) is 135 cm³/mol. The van der Waals surface area contributed by atoms with Crippen molar-refractivity contribution in [3.8, 4) is 0 Å². The Balaban J connectivity index is 5.21. The molecule has 0 aliphatic heterocycles. The Bertz CT molecular complexity index is 427. The van der Waals surface area contributed by atoms with Crippen molar-refractivity contribution in [2.24, 2.45) is 0 Å². The molecule has 0 spiro atoms. The highest BCUT2D eigenvalue weighted by Crippen LogP contribution is 2.24. The van der Waals surface area contributed by atoms with Gasteiger partial charge in [0.1, 0.15) is 0 Å². The first-order valence-electron chi connectivity index (χ1n) is 13.7. The van der Waals surface area contributed by atoms with Gasteiger partial charge in [0.15, 0.2) is 18.9 Å². The van der Waals surface area contributed by atoms with E-state index in [4.69, 9.17) is 28.4 Å². The quantitative estimate of drug-likeness (QED) is 0.154. The van der Waals surface area contributed by atoms with Crippen LogP contribution in [0.5, 0.6) is 0 Å². The highest BCUT2D eigenvalue weighted by Gasteiger charge is 2.30. The highest BCUT2D eigenvalue weighted by atomic mass is 16.7. The van der Waals surface area contributed by atoms with Crippen LogP contribution in [0.2, 0.25) is 0 Å². The predicted octanol–water partition coefficient (Wildman–Crippen LogP) is 7.23. The van der Waals surface area contributed by atoms with Gasteiger partial charge in [-0.25, -0.2) is 0 Å². The zero-order valence-corrected chi connectivity index (χ0v) is 23.4. The molecular formula is C27H56O6. The molecule has 0 radical (unpaired) electrons. The molecule has 6 nitrogen and oxygen atoms in total. The van der Waals surface area contributed by atoms with Gasteiger partial charge >= 0.3 is 0 Å². The van der Waals surface area contributed by atoms with E-state index >= 15 is 0 Å². The molecule has 0 aromatic carbocycles. The summed E-state index contributed by atoms with van der Waals surface area (Å²) in [6.07, 6.45) is 7.13. The largest absolute Gasteiger partial charge is 0.356 e. The minimum atomic E-state index is -0.308. The topological polar surface area (TPSA) is 55.4 Å². The maximum absolute atomic E-state index is 6.50. The van der Waals surface area contributed by atoms with Crippen LogP contribution in [-0.2, 0) is 28.4 Å². The summed E-state index contributed by atoms with van der Waals surface area (Å²) in [5, 5.41) is 0. The zero-order valence-electron chi connectivity index (χ0n) is 23.4. The van der Waals surface area contributed by atoms with Gasteiger partial charge in [0.25, 0.3) is 0 Å². The fourth-order valence-corrected chi connectivity index (χ4v) is 4.03. The number of hydrogen-bond acceptors (Lipinski definition) is 6. The fraction of sp³-hybridized carbons (Fsp3) is 1.00. The van der Waals surface area contributed by atoms with E-state index < -0.39 is 0 Å². The van der Waals surface area contributed by atoms with E-state index in [1.165, 1.54) is 0 Å². The highest BCUT2D eigenvalue weighted by molar-refractivity contribution is 4.73. The van der Waals surface area contributed by atoms with Gasteiger partial charge in [0.2, 0.25) is 0 Å². The molecule has 0 rings (SSSR count). The molecule has 7 unspecified atom stereocenters. The number of hydrogen-bond donors (Lipinski definition) is 0. The summed E-state index contributed by atoms with van der Waals surface area (Å²) >= 11 is 0. The molecule has 6 heteroatoms. The first kappa shape index (κ1) is 32.8. The van der Waals surface area contributed by atoms with Crippen LogP contribution in [-0.4, -0.2) is 56.5 Å². The van der Waals surface area contributed by atoms with Gasteiger partial charge in [-0.15, -0.1) is 0 Å². The van der Waals surface area contributed by atoms with E-state index in [1.54, 1.807) is 7.11 Å². The maximum Gasteiger partial charge on any atom is 0.158 e. The number of methoxy groups -OCH3 is 1. The van der Waals surface area contributed by atoms with Crippen molar-refractivity contribution in [1.29, 1.82) is 0 Å². The van der Waals surface area contributed by atoms with Crippen molar-refractivity contribution in [3.05, 3.63) is 0 Å². The SMILES string of the molecule is CCC(CC)OC(CC)OC(CC)C(CC)OC(CC)OC(CC)C(CC)OC(CC)OC. The van der Waals surface area contributed by atoms with E-state index in [9.17, 15) is 0 Å². The Morgan fingerprint density at radius 1 is 0.364 bits per heavy atom. The van der Waals surface area contributed by atoms with E-state index in [1.807, 2.05) is 0 Å². The maximum atomic E-state index is 6.50. The monoisotopic (exact) mass is 476 g/mol. The molecule has 0 heterocycles. The van der Waals surface area contributed by atoms with Gasteiger partial charge in [-0.05, 0) is 57.8 Å². The molecule has 0 saturated heterocycles. The lowest BCUT2D eigenvalue weighted by molar-refractivity contribution is -0.269. The van der Waals surface area contributed by atoms with Crippen LogP contribution in [0.25, 0.3) is 0 Å². The van der Waals surface area contributed by atoms with Gasteiger partial charge < -0.3 is 28.4 Å². The Morgan fingerprint density at radius 2 is 0.667 bits per heavy atom. The molecule has 0 aromatic heterocycles. The third kappa shape index (κ3) is 12.3. The number of rotatable bonds is 22. The van der Waals surface area contributed by atoms with E-state index in [0.717, 1.165) is 57.8 Å². The van der Waals surface area contributed by atoms with Crippen molar-refractivity contribution >= 4 is 0 Å². The van der Waals surface area contributed by atoms with Gasteiger partial charge in [0.05, 0.1) is 30.5 Å². The van der Waals surface area contributed by atoms with Gasteiger partial charge in [0, 0.05) is 7.11 Å². The first-order valence-corrected chi connectivity index (χ1v) is 13.7. The van der Waals surface area contributed by atoms with Crippen molar-refractivity contribution in [1.82, 2.24) is 0 Å². The van der Waals surface area contributed by atoms with Crippen LogP contribution >= 0.6 is 0 Å². The zero-order chi connectivity index (χ0) is 25.2. The first-order chi connectivity index (χ1) is 15.9. The third-order valence-electron chi connectivity index (χ3n) is 6.26. The van der Waals surface area contributed by atoms with Crippen molar-refractivity contribution in [2.75, 3.05) is 7.11 Å². The van der Waals surface area contributed by atoms with Gasteiger partial charge in [-0.2, -0.15) is 0 Å². The van der Waals surface area contributed by atoms with Crippen LogP contribution < -0.4 is 0 Å². The molecule has 33 heavy (non-hydrogen) atoms. The van der Waals surface area contributed by atoms with E-state index in [-0.39, 0.29) is 49.4 Å². The Morgan fingerprint density at radius 3 is 0.909 bits per heavy atom. The average molecular weight is 477 g/mol. The van der Waals surface area contributed by atoms with Crippen LogP contribution in [0.15, 0.2) is 0 Å². The van der Waals surface area contributed by atoms with Crippen LogP contribution in [0.3, 0.4) is 0 Å². The lowest BCUT2D eigenvalue weighted by Gasteiger charge is -2.35. The summed E-state index contributed by atoms with van der Waals surface area (Å²) in [5.74, 6) is 0. The lowest BCUT2D eigenvalue weighted by Crippen LogP contribution is -2.42. The minimum absolute atomic E-state index is 0.0336. The summed E-state index contributed by atoms with van der Waals surface area (Å²) in [7, 11) is 1.69. The third-order valence-corrected chi connectivity index (χ3v) is 6.26.